The highest BCUT2D eigenvalue weighted by Gasteiger charge is 2.26. The first-order valence-corrected chi connectivity index (χ1v) is 23.3. The first-order valence-electron chi connectivity index (χ1n) is 23.3. The molecule has 0 aliphatic heterocycles. The van der Waals surface area contributed by atoms with Crippen LogP contribution in [0.15, 0.2) is 215 Å². The fourth-order valence-electron chi connectivity index (χ4n) is 11.4. The molecule has 0 saturated carbocycles. The van der Waals surface area contributed by atoms with Crippen LogP contribution in [0, 0.1) is 22.7 Å². The van der Waals surface area contributed by atoms with Gasteiger partial charge in [0.15, 0.2) is 0 Å². The smallest absolute Gasteiger partial charge is 0.136 e. The molecule has 0 aliphatic rings. The van der Waals surface area contributed by atoms with E-state index in [0.717, 1.165) is 137 Å². The van der Waals surface area contributed by atoms with Gasteiger partial charge in [0.05, 0.1) is 44.6 Å². The number of furan rings is 2. The third-order valence-corrected chi connectivity index (χ3v) is 14.6. The molecule has 6 heteroatoms. The lowest BCUT2D eigenvalue weighted by Crippen LogP contribution is -2.07. The maximum Gasteiger partial charge on any atom is 0.136 e. The molecule has 11 aromatic carbocycles. The number of fused-ring (bicyclic) bond motifs is 16. The first-order chi connectivity index (χ1) is 34.6. The van der Waals surface area contributed by atoms with E-state index in [2.05, 4.69) is 179 Å². The molecule has 6 nitrogen and oxygen atoms in total. The second-order valence-electron chi connectivity index (χ2n) is 18.2. The van der Waals surface area contributed by atoms with Crippen molar-refractivity contribution in [1.29, 1.82) is 10.5 Å². The lowest BCUT2D eigenvalue weighted by molar-refractivity contribution is 0.668. The first kappa shape index (κ1) is 38.2. The lowest BCUT2D eigenvalue weighted by atomic mass is 9.99. The quantitative estimate of drug-likeness (QED) is 0.176. The lowest BCUT2D eigenvalue weighted by Gasteiger charge is -2.19. The van der Waals surface area contributed by atoms with Crippen LogP contribution in [-0.2, 0) is 0 Å². The van der Waals surface area contributed by atoms with Crippen LogP contribution in [0.5, 0.6) is 0 Å². The van der Waals surface area contributed by atoms with E-state index < -0.39 is 0 Å². The minimum Gasteiger partial charge on any atom is -0.456 e. The second kappa shape index (κ2) is 14.3. The van der Waals surface area contributed by atoms with Crippen molar-refractivity contribution in [2.24, 2.45) is 0 Å². The van der Waals surface area contributed by atoms with Gasteiger partial charge in [-0.15, -0.1) is 0 Å². The van der Waals surface area contributed by atoms with Gasteiger partial charge >= 0.3 is 0 Å². The van der Waals surface area contributed by atoms with Crippen molar-refractivity contribution in [2.45, 2.75) is 0 Å². The van der Waals surface area contributed by atoms with Crippen molar-refractivity contribution in [3.8, 4) is 45.8 Å². The summed E-state index contributed by atoms with van der Waals surface area (Å²) < 4.78 is 17.2. The average molecular weight is 891 g/mol. The summed E-state index contributed by atoms with van der Waals surface area (Å²) in [5.74, 6) is 0. The summed E-state index contributed by atoms with van der Waals surface area (Å²) in [6.07, 6.45) is 0. The number of nitrogens with zero attached hydrogens (tertiary/aromatic N) is 4. The highest BCUT2D eigenvalue weighted by atomic mass is 16.3. The van der Waals surface area contributed by atoms with E-state index >= 15 is 0 Å². The van der Waals surface area contributed by atoms with Gasteiger partial charge in [-0.2, -0.15) is 10.5 Å². The second-order valence-corrected chi connectivity index (χ2v) is 18.2. The summed E-state index contributed by atoms with van der Waals surface area (Å²) in [6.45, 7) is 0. The molecule has 0 aliphatic carbocycles. The number of rotatable bonds is 4. The minimum absolute atomic E-state index is 0.304. The maximum atomic E-state index is 11.3. The minimum atomic E-state index is 0.304. The fraction of sp³-hybridized carbons (Fsp3) is 0. The molecule has 0 unspecified atom stereocenters. The Morgan fingerprint density at radius 2 is 0.771 bits per heavy atom. The summed E-state index contributed by atoms with van der Waals surface area (Å²) in [4.78, 5) is 0. The Morgan fingerprint density at radius 1 is 0.329 bits per heavy atom. The number of nitriles is 2. The molecule has 15 aromatic rings. The van der Waals surface area contributed by atoms with Gasteiger partial charge in [-0.25, -0.2) is 0 Å². The average Bonchev–Trinajstić information content (AvgIpc) is 4.17. The molecule has 0 atom stereocenters. The van der Waals surface area contributed by atoms with Gasteiger partial charge in [0, 0.05) is 43.1 Å². The predicted octanol–water partition coefficient (Wildman–Crippen LogP) is 17.1. The standard InChI is InChI=1S/C64H34N4O2/c65-35-43-23-30-57(67-53-26-21-39(31-50(53)62-44-11-3-1-9-37(44)19-28-55(62)67)41-17-24-48-46-13-5-7-15-58(46)69-60(48)33-41)64(52(43)36-66)68-54-27-22-40(32-51(54)63-45-12-4-2-10-38(45)20-29-56(63)68)42-18-25-49-47-14-6-8-16-59(47)70-61(49)34-42/h1-34H. The van der Waals surface area contributed by atoms with E-state index in [4.69, 9.17) is 8.83 Å². The number of hydrogen-bond donors (Lipinski definition) is 0. The van der Waals surface area contributed by atoms with Gasteiger partial charge in [0.25, 0.3) is 0 Å². The molecule has 70 heavy (non-hydrogen) atoms. The van der Waals surface area contributed by atoms with Gasteiger partial charge in [-0.1, -0.05) is 121 Å². The van der Waals surface area contributed by atoms with Crippen LogP contribution in [0.3, 0.4) is 0 Å². The molecule has 4 aromatic heterocycles. The Hall–Kier alpha value is -9.88. The molecule has 15 rings (SSSR count). The molecule has 0 spiro atoms. The number of para-hydroxylation sites is 2. The third-order valence-electron chi connectivity index (χ3n) is 14.6. The van der Waals surface area contributed by atoms with Crippen molar-refractivity contribution >= 4 is 109 Å². The number of aromatic nitrogens is 2. The largest absolute Gasteiger partial charge is 0.456 e. The Balaban J connectivity index is 1.02. The SMILES string of the molecule is N#Cc1ccc(-n2c3ccc(-c4ccc5c(c4)oc4ccccc45)cc3c3c4ccccc4ccc32)c(-n2c3ccc(-c4ccc5c(c4)oc4ccccc45)cc3c3c4ccccc4ccc32)c1C#N. The van der Waals surface area contributed by atoms with Gasteiger partial charge in [-0.3, -0.25) is 0 Å². The van der Waals surface area contributed by atoms with Gasteiger partial charge in [0.1, 0.15) is 34.5 Å². The topological polar surface area (TPSA) is 83.7 Å². The van der Waals surface area contributed by atoms with E-state index in [9.17, 15) is 10.5 Å². The van der Waals surface area contributed by atoms with Crippen LogP contribution >= 0.6 is 0 Å². The molecule has 0 bridgehead atoms. The van der Waals surface area contributed by atoms with E-state index in [1.807, 2.05) is 42.5 Å². The zero-order valence-electron chi connectivity index (χ0n) is 37.2. The van der Waals surface area contributed by atoms with Crippen molar-refractivity contribution in [2.75, 3.05) is 0 Å². The molecule has 0 amide bonds. The molecule has 0 saturated heterocycles. The summed E-state index contributed by atoms with van der Waals surface area (Å²) in [5, 5.41) is 35.1. The summed E-state index contributed by atoms with van der Waals surface area (Å²) in [7, 11) is 0. The summed E-state index contributed by atoms with van der Waals surface area (Å²) >= 11 is 0. The van der Waals surface area contributed by atoms with E-state index in [0.29, 0.717) is 16.8 Å². The van der Waals surface area contributed by atoms with Crippen molar-refractivity contribution in [1.82, 2.24) is 9.13 Å². The normalized spacial score (nSPS) is 12.0. The number of benzene rings is 11. The van der Waals surface area contributed by atoms with Crippen LogP contribution in [0.25, 0.3) is 143 Å². The van der Waals surface area contributed by atoms with Crippen molar-refractivity contribution in [3.63, 3.8) is 0 Å². The van der Waals surface area contributed by atoms with Crippen LogP contribution in [0.4, 0.5) is 0 Å². The third kappa shape index (κ3) is 5.30. The Bertz CT molecular complexity index is 4870. The van der Waals surface area contributed by atoms with Crippen LogP contribution in [-0.4, -0.2) is 9.13 Å². The van der Waals surface area contributed by atoms with Gasteiger partial charge in [0.2, 0.25) is 0 Å². The summed E-state index contributed by atoms with van der Waals surface area (Å²) in [6, 6.07) is 76.9. The molecule has 4 heterocycles. The van der Waals surface area contributed by atoms with E-state index in [-0.39, 0.29) is 0 Å². The van der Waals surface area contributed by atoms with Crippen LogP contribution < -0.4 is 0 Å². The highest BCUT2D eigenvalue weighted by Crippen LogP contribution is 2.45. The van der Waals surface area contributed by atoms with E-state index in [1.54, 1.807) is 6.07 Å². The van der Waals surface area contributed by atoms with Crippen molar-refractivity contribution in [3.05, 3.63) is 217 Å². The van der Waals surface area contributed by atoms with Crippen LogP contribution in [0.1, 0.15) is 11.1 Å². The van der Waals surface area contributed by atoms with Gasteiger partial charge in [-0.05, 0) is 129 Å². The zero-order chi connectivity index (χ0) is 46.2. The summed E-state index contributed by atoms with van der Waals surface area (Å²) in [5.41, 5.74) is 13.4. The zero-order valence-corrected chi connectivity index (χ0v) is 37.2. The molecular weight excluding hydrogens is 857 g/mol. The Morgan fingerprint density at radius 3 is 1.31 bits per heavy atom. The molecule has 322 valence electrons. The predicted molar refractivity (Wildman–Crippen MR) is 285 cm³/mol. The van der Waals surface area contributed by atoms with Gasteiger partial charge < -0.3 is 18.0 Å². The fourth-order valence-corrected chi connectivity index (χ4v) is 11.4. The van der Waals surface area contributed by atoms with Crippen molar-refractivity contribution < 1.29 is 8.83 Å². The maximum absolute atomic E-state index is 11.3. The van der Waals surface area contributed by atoms with Crippen LogP contribution in [0.2, 0.25) is 0 Å². The Kier molecular flexibility index (Phi) is 7.82. The highest BCUT2D eigenvalue weighted by molar-refractivity contribution is 6.24. The molecule has 0 fully saturated rings. The molecule has 0 radical (unpaired) electrons. The number of hydrogen-bond acceptors (Lipinski definition) is 4. The Labute approximate surface area is 398 Å². The molecule has 0 N–H and O–H groups in total. The molecular formula is C64H34N4O2. The van der Waals surface area contributed by atoms with E-state index in [1.165, 1.54) is 0 Å². The monoisotopic (exact) mass is 890 g/mol.